The molecule has 1 saturated heterocycles. The molecular formula is C22H21ClFN5O2. The lowest BCUT2D eigenvalue weighted by Gasteiger charge is -2.32. The molecule has 4 rings (SSSR count). The normalized spacial score (nSPS) is 14.5. The van der Waals surface area contributed by atoms with Crippen LogP contribution in [0, 0.1) is 21.8 Å². The molecule has 160 valence electrons. The summed E-state index contributed by atoms with van der Waals surface area (Å²) in [4.78, 5) is 21.6. The Labute approximate surface area is 184 Å². The van der Waals surface area contributed by atoms with Crippen LogP contribution >= 0.6 is 11.6 Å². The molecule has 0 amide bonds. The average molecular weight is 442 g/mol. The van der Waals surface area contributed by atoms with Gasteiger partial charge in [0.05, 0.1) is 9.95 Å². The predicted molar refractivity (Wildman–Crippen MR) is 118 cm³/mol. The molecule has 2 heterocycles. The molecule has 1 aromatic heterocycles. The first-order valence-electron chi connectivity index (χ1n) is 10.0. The van der Waals surface area contributed by atoms with Crippen molar-refractivity contribution in [3.8, 4) is 0 Å². The lowest BCUT2D eigenvalue weighted by atomic mass is 9.90. The summed E-state index contributed by atoms with van der Waals surface area (Å²) in [5.41, 5.74) is 1.50. The number of hydrogen-bond acceptors (Lipinski definition) is 6. The number of hydrogen-bond donors (Lipinski definition) is 1. The molecule has 2 aromatic carbocycles. The molecule has 0 spiro atoms. The summed E-state index contributed by atoms with van der Waals surface area (Å²) >= 11 is 5.82. The molecule has 31 heavy (non-hydrogen) atoms. The van der Waals surface area contributed by atoms with E-state index in [0.29, 0.717) is 24.7 Å². The molecule has 9 heteroatoms. The zero-order valence-electron chi connectivity index (χ0n) is 16.7. The van der Waals surface area contributed by atoms with Crippen molar-refractivity contribution in [2.75, 3.05) is 23.3 Å². The maximum Gasteiger partial charge on any atom is 0.353 e. The topological polar surface area (TPSA) is 84.2 Å². The Balaban J connectivity index is 1.51. The lowest BCUT2D eigenvalue weighted by molar-refractivity contribution is -0.383. The highest BCUT2D eigenvalue weighted by Gasteiger charge is 2.30. The van der Waals surface area contributed by atoms with Gasteiger partial charge in [0.2, 0.25) is 11.6 Å². The van der Waals surface area contributed by atoms with Gasteiger partial charge in [-0.25, -0.2) is 14.4 Å². The maximum atomic E-state index is 13.4. The van der Waals surface area contributed by atoms with E-state index in [1.165, 1.54) is 30.1 Å². The molecule has 0 aliphatic carbocycles. The molecule has 3 aromatic rings. The summed E-state index contributed by atoms with van der Waals surface area (Å²) in [5.74, 6) is 0.292. The standard InChI is InChI=1S/C22H21ClFN5O2/c23-18-13-17(6-7-19(18)24)27-21-20(29(30)31)22(26-14-25-21)28-10-8-16(9-11-28)12-15-4-2-1-3-5-15/h1-7,13-14,16H,8-12H2,(H,25,26,27). The summed E-state index contributed by atoms with van der Waals surface area (Å²) in [6, 6.07) is 14.3. The molecule has 1 aliphatic rings. The second-order valence-electron chi connectivity index (χ2n) is 7.53. The molecule has 1 aliphatic heterocycles. The highest BCUT2D eigenvalue weighted by Crippen LogP contribution is 2.36. The number of halogens is 2. The summed E-state index contributed by atoms with van der Waals surface area (Å²) in [5, 5.41) is 14.7. The van der Waals surface area contributed by atoms with E-state index in [2.05, 4.69) is 27.4 Å². The minimum absolute atomic E-state index is 0.0454. The van der Waals surface area contributed by atoms with E-state index in [1.54, 1.807) is 0 Å². The van der Waals surface area contributed by atoms with Crippen LogP contribution < -0.4 is 10.2 Å². The van der Waals surface area contributed by atoms with Crippen LogP contribution in [-0.2, 0) is 6.42 Å². The summed E-state index contributed by atoms with van der Waals surface area (Å²) in [6.07, 6.45) is 4.14. The van der Waals surface area contributed by atoms with Crippen molar-refractivity contribution in [2.45, 2.75) is 19.3 Å². The second-order valence-corrected chi connectivity index (χ2v) is 7.93. The fourth-order valence-corrected chi connectivity index (χ4v) is 4.05. The van der Waals surface area contributed by atoms with E-state index in [4.69, 9.17) is 11.6 Å². The second kappa shape index (κ2) is 9.26. The van der Waals surface area contributed by atoms with E-state index >= 15 is 0 Å². The fourth-order valence-electron chi connectivity index (χ4n) is 3.87. The van der Waals surface area contributed by atoms with E-state index in [1.807, 2.05) is 23.1 Å². The molecule has 0 radical (unpaired) electrons. The van der Waals surface area contributed by atoms with E-state index in [0.717, 1.165) is 19.3 Å². The van der Waals surface area contributed by atoms with Gasteiger partial charge in [-0.1, -0.05) is 41.9 Å². The van der Waals surface area contributed by atoms with E-state index < -0.39 is 10.7 Å². The molecule has 0 atom stereocenters. The Morgan fingerprint density at radius 1 is 1.16 bits per heavy atom. The first-order chi connectivity index (χ1) is 15.0. The van der Waals surface area contributed by atoms with Gasteiger partial charge in [-0.15, -0.1) is 0 Å². The van der Waals surface area contributed by atoms with Gasteiger partial charge in [-0.05, 0) is 48.9 Å². The SMILES string of the molecule is O=[N+]([O-])c1c(Nc2ccc(F)c(Cl)c2)ncnc1N1CCC(Cc2ccccc2)CC1. The molecule has 7 nitrogen and oxygen atoms in total. The third-order valence-corrected chi connectivity index (χ3v) is 5.74. The summed E-state index contributed by atoms with van der Waals surface area (Å²) in [6.45, 7) is 1.36. The Hall–Kier alpha value is -3.26. The maximum absolute atomic E-state index is 13.4. The quantitative estimate of drug-likeness (QED) is 0.408. The number of aromatic nitrogens is 2. The molecule has 0 saturated carbocycles. The van der Waals surface area contributed by atoms with Crippen molar-refractivity contribution in [2.24, 2.45) is 5.92 Å². The van der Waals surface area contributed by atoms with Gasteiger partial charge in [0.15, 0.2) is 0 Å². The Kier molecular flexibility index (Phi) is 6.27. The molecular weight excluding hydrogens is 421 g/mol. The van der Waals surface area contributed by atoms with Gasteiger partial charge in [0, 0.05) is 18.8 Å². The van der Waals surface area contributed by atoms with Gasteiger partial charge in [0.25, 0.3) is 0 Å². The van der Waals surface area contributed by atoms with Crippen LogP contribution in [0.15, 0.2) is 54.9 Å². The van der Waals surface area contributed by atoms with Crippen LogP contribution in [-0.4, -0.2) is 28.0 Å². The fraction of sp³-hybridized carbons (Fsp3) is 0.273. The highest BCUT2D eigenvalue weighted by molar-refractivity contribution is 6.31. The predicted octanol–water partition coefficient (Wildman–Crippen LogP) is 5.38. The van der Waals surface area contributed by atoms with Crippen LogP contribution in [0.3, 0.4) is 0 Å². The Morgan fingerprint density at radius 3 is 2.58 bits per heavy atom. The number of benzene rings is 2. The van der Waals surface area contributed by atoms with E-state index in [9.17, 15) is 14.5 Å². The first kappa shape index (κ1) is 21.0. The average Bonchev–Trinajstić information content (AvgIpc) is 2.77. The van der Waals surface area contributed by atoms with Crippen molar-refractivity contribution >= 4 is 34.6 Å². The van der Waals surface area contributed by atoms with Gasteiger partial charge in [0.1, 0.15) is 12.1 Å². The number of piperidine rings is 1. The van der Waals surface area contributed by atoms with Crippen molar-refractivity contribution in [1.82, 2.24) is 9.97 Å². The third-order valence-electron chi connectivity index (χ3n) is 5.45. The van der Waals surface area contributed by atoms with Gasteiger partial charge >= 0.3 is 5.69 Å². The number of anilines is 3. The zero-order chi connectivity index (χ0) is 21.8. The number of nitro groups is 1. The molecule has 0 unspecified atom stereocenters. The van der Waals surface area contributed by atoms with Crippen LogP contribution in [0.25, 0.3) is 0 Å². The van der Waals surface area contributed by atoms with Crippen LogP contribution in [0.1, 0.15) is 18.4 Å². The Morgan fingerprint density at radius 2 is 1.90 bits per heavy atom. The van der Waals surface area contributed by atoms with Crippen molar-refractivity contribution < 1.29 is 9.31 Å². The minimum Gasteiger partial charge on any atom is -0.351 e. The van der Waals surface area contributed by atoms with Gasteiger partial charge in [-0.2, -0.15) is 0 Å². The minimum atomic E-state index is -0.566. The van der Waals surface area contributed by atoms with Crippen molar-refractivity contribution in [3.05, 3.63) is 81.4 Å². The van der Waals surface area contributed by atoms with Crippen LogP contribution in [0.5, 0.6) is 0 Å². The molecule has 1 fully saturated rings. The van der Waals surface area contributed by atoms with Gasteiger partial charge in [-0.3, -0.25) is 10.1 Å². The Bertz CT molecular complexity index is 1070. The van der Waals surface area contributed by atoms with Crippen molar-refractivity contribution in [3.63, 3.8) is 0 Å². The molecule has 0 bridgehead atoms. The summed E-state index contributed by atoms with van der Waals surface area (Å²) < 4.78 is 13.4. The number of nitrogens with one attached hydrogen (secondary N) is 1. The highest BCUT2D eigenvalue weighted by atomic mass is 35.5. The summed E-state index contributed by atoms with van der Waals surface area (Å²) in [7, 11) is 0. The van der Waals surface area contributed by atoms with Crippen molar-refractivity contribution in [1.29, 1.82) is 0 Å². The first-order valence-corrected chi connectivity index (χ1v) is 10.4. The largest absolute Gasteiger partial charge is 0.353 e. The molecule has 1 N–H and O–H groups in total. The van der Waals surface area contributed by atoms with Crippen LogP contribution in [0.2, 0.25) is 5.02 Å². The smallest absolute Gasteiger partial charge is 0.351 e. The van der Waals surface area contributed by atoms with E-state index in [-0.39, 0.29) is 22.3 Å². The van der Waals surface area contributed by atoms with Crippen LogP contribution in [0.4, 0.5) is 27.4 Å². The number of rotatable bonds is 6. The monoisotopic (exact) mass is 441 g/mol. The third kappa shape index (κ3) is 4.91. The van der Waals surface area contributed by atoms with Gasteiger partial charge < -0.3 is 10.2 Å². The zero-order valence-corrected chi connectivity index (χ0v) is 17.4. The lowest BCUT2D eigenvalue weighted by Crippen LogP contribution is -2.35. The number of nitrogens with zero attached hydrogens (tertiary/aromatic N) is 4.